The SMILES string of the molecule is COc1cc(N2CCC3(CC2)CC(C=O)C3)c(F)cc1[C@@H]1c2ccc(OC(C)(C)C)cc2CC[C@@H]1c1ccccc1. The first-order valence-electron chi connectivity index (χ1n) is 15.1. The molecule has 1 aliphatic heterocycles. The Bertz CT molecular complexity index is 1400. The van der Waals surface area contributed by atoms with Gasteiger partial charge in [0.15, 0.2) is 0 Å². The second-order valence-corrected chi connectivity index (χ2v) is 13.4. The Hall–Kier alpha value is -3.34. The molecule has 2 atom stereocenters. The number of hydrogen-bond acceptors (Lipinski definition) is 4. The number of halogens is 1. The number of benzene rings is 3. The summed E-state index contributed by atoms with van der Waals surface area (Å²) in [6, 6.07) is 20.7. The summed E-state index contributed by atoms with van der Waals surface area (Å²) in [5.41, 5.74) is 5.24. The molecule has 0 bridgehead atoms. The van der Waals surface area contributed by atoms with E-state index in [1.54, 1.807) is 13.2 Å². The van der Waals surface area contributed by atoms with E-state index in [1.807, 2.05) is 12.1 Å². The number of fused-ring (bicyclic) bond motifs is 1. The summed E-state index contributed by atoms with van der Waals surface area (Å²) in [5.74, 6) is 1.79. The Labute approximate surface area is 243 Å². The van der Waals surface area contributed by atoms with Gasteiger partial charge in [-0.15, -0.1) is 0 Å². The molecule has 0 radical (unpaired) electrons. The minimum atomic E-state index is -0.278. The fourth-order valence-electron chi connectivity index (χ4n) is 7.66. The highest BCUT2D eigenvalue weighted by Gasteiger charge is 2.46. The summed E-state index contributed by atoms with van der Waals surface area (Å²) < 4.78 is 28.3. The lowest BCUT2D eigenvalue weighted by molar-refractivity contribution is -0.118. The van der Waals surface area contributed by atoms with Crippen molar-refractivity contribution in [2.45, 2.75) is 76.7 Å². The van der Waals surface area contributed by atoms with Crippen molar-refractivity contribution in [1.82, 2.24) is 0 Å². The molecule has 1 saturated heterocycles. The Morgan fingerprint density at radius 3 is 2.37 bits per heavy atom. The molecular weight excluding hydrogens is 513 g/mol. The maximum atomic E-state index is 16.1. The average Bonchev–Trinajstić information content (AvgIpc) is 2.95. The number of carbonyl (C=O) groups excluding carboxylic acids is 1. The molecule has 2 aliphatic carbocycles. The zero-order valence-electron chi connectivity index (χ0n) is 24.8. The molecule has 3 aliphatic rings. The molecule has 1 saturated carbocycles. The number of aryl methyl sites for hydroxylation is 1. The molecule has 216 valence electrons. The maximum absolute atomic E-state index is 16.1. The zero-order chi connectivity index (χ0) is 28.8. The molecular formula is C36H42FNO3. The Balaban J connectivity index is 1.36. The van der Waals surface area contributed by atoms with Crippen LogP contribution in [0.4, 0.5) is 10.1 Å². The largest absolute Gasteiger partial charge is 0.496 e. The molecule has 3 aromatic carbocycles. The van der Waals surface area contributed by atoms with Crippen molar-refractivity contribution < 1.29 is 18.7 Å². The smallest absolute Gasteiger partial charge is 0.147 e. The maximum Gasteiger partial charge on any atom is 0.147 e. The molecule has 0 N–H and O–H groups in total. The minimum absolute atomic E-state index is 0.0387. The van der Waals surface area contributed by atoms with E-state index in [4.69, 9.17) is 9.47 Å². The van der Waals surface area contributed by atoms with Gasteiger partial charge in [-0.25, -0.2) is 4.39 Å². The van der Waals surface area contributed by atoms with Gasteiger partial charge in [-0.2, -0.15) is 0 Å². The molecule has 1 spiro atoms. The summed E-state index contributed by atoms with van der Waals surface area (Å²) in [4.78, 5) is 13.3. The Morgan fingerprint density at radius 1 is 0.976 bits per heavy atom. The lowest BCUT2D eigenvalue weighted by Gasteiger charge is -2.51. The van der Waals surface area contributed by atoms with Crippen LogP contribution >= 0.6 is 0 Å². The second kappa shape index (κ2) is 10.8. The van der Waals surface area contributed by atoms with Crippen LogP contribution in [0, 0.1) is 17.2 Å². The number of nitrogens with zero attached hydrogens (tertiary/aromatic N) is 1. The number of rotatable bonds is 6. The number of ether oxygens (including phenoxy) is 2. The van der Waals surface area contributed by atoms with E-state index in [9.17, 15) is 4.79 Å². The van der Waals surface area contributed by atoms with Gasteiger partial charge in [-0.1, -0.05) is 36.4 Å². The molecule has 6 rings (SSSR count). The van der Waals surface area contributed by atoms with Gasteiger partial charge in [0.2, 0.25) is 0 Å². The van der Waals surface area contributed by atoms with Gasteiger partial charge in [0.1, 0.15) is 29.2 Å². The third-order valence-electron chi connectivity index (χ3n) is 9.61. The summed E-state index contributed by atoms with van der Waals surface area (Å²) in [7, 11) is 1.70. The van der Waals surface area contributed by atoms with E-state index in [-0.39, 0.29) is 34.6 Å². The van der Waals surface area contributed by atoms with Crippen LogP contribution in [0.25, 0.3) is 0 Å². The van der Waals surface area contributed by atoms with E-state index >= 15 is 4.39 Å². The number of piperidine rings is 1. The van der Waals surface area contributed by atoms with Gasteiger partial charge in [-0.05, 0) is 106 Å². The van der Waals surface area contributed by atoms with Crippen LogP contribution in [-0.4, -0.2) is 32.1 Å². The minimum Gasteiger partial charge on any atom is -0.496 e. The lowest BCUT2D eigenvalue weighted by Crippen LogP contribution is -2.47. The first-order valence-corrected chi connectivity index (χ1v) is 15.1. The highest BCUT2D eigenvalue weighted by molar-refractivity contribution is 5.60. The fourth-order valence-corrected chi connectivity index (χ4v) is 7.66. The Morgan fingerprint density at radius 2 is 1.71 bits per heavy atom. The molecule has 0 unspecified atom stereocenters. The molecule has 4 nitrogen and oxygen atoms in total. The van der Waals surface area contributed by atoms with E-state index in [0.29, 0.717) is 5.69 Å². The van der Waals surface area contributed by atoms with Crippen LogP contribution in [0.3, 0.4) is 0 Å². The molecule has 2 fully saturated rings. The lowest BCUT2D eigenvalue weighted by atomic mass is 9.58. The first-order chi connectivity index (χ1) is 19.7. The van der Waals surface area contributed by atoms with Crippen molar-refractivity contribution in [3.63, 3.8) is 0 Å². The van der Waals surface area contributed by atoms with Gasteiger partial charge in [0, 0.05) is 36.6 Å². The molecule has 3 aromatic rings. The quantitative estimate of drug-likeness (QED) is 0.288. The van der Waals surface area contributed by atoms with Crippen molar-refractivity contribution >= 4 is 12.0 Å². The van der Waals surface area contributed by atoms with Crippen LogP contribution in [0.2, 0.25) is 0 Å². The molecule has 1 heterocycles. The number of carbonyl (C=O) groups is 1. The average molecular weight is 556 g/mol. The van der Waals surface area contributed by atoms with E-state index < -0.39 is 0 Å². The predicted octanol–water partition coefficient (Wildman–Crippen LogP) is 8.07. The number of methoxy groups -OCH3 is 1. The van der Waals surface area contributed by atoms with Gasteiger partial charge >= 0.3 is 0 Å². The summed E-state index contributed by atoms with van der Waals surface area (Å²) in [6.07, 6.45) is 6.99. The second-order valence-electron chi connectivity index (χ2n) is 13.4. The van der Waals surface area contributed by atoms with Crippen LogP contribution in [0.15, 0.2) is 60.7 Å². The van der Waals surface area contributed by atoms with Crippen LogP contribution in [0.1, 0.15) is 87.0 Å². The van der Waals surface area contributed by atoms with Crippen LogP contribution in [-0.2, 0) is 11.2 Å². The molecule has 41 heavy (non-hydrogen) atoms. The summed E-state index contributed by atoms with van der Waals surface area (Å²) in [6.45, 7) is 7.80. The molecule has 0 aromatic heterocycles. The molecule has 0 amide bonds. The van der Waals surface area contributed by atoms with E-state index in [2.05, 4.69) is 68.1 Å². The standard InChI is InChI=1S/C36H42FNO3/c1-35(2,3)41-27-11-13-29-26(18-27)10-12-28(25-8-6-5-7-9-25)34(29)30-19-31(37)32(20-33(30)40-4)38-16-14-36(15-17-38)21-24(22-36)23-39/h5-9,11,13,18-20,23-24,28,34H,10,12,14-17,21-22H2,1-4H3/t28-,34+/m1/s1. The normalized spacial score (nSPS) is 22.1. The van der Waals surface area contributed by atoms with E-state index in [1.165, 1.54) is 16.7 Å². The van der Waals surface area contributed by atoms with E-state index in [0.717, 1.165) is 75.0 Å². The van der Waals surface area contributed by atoms with Gasteiger partial charge in [0.05, 0.1) is 12.8 Å². The molecule has 5 heteroatoms. The number of hydrogen-bond donors (Lipinski definition) is 0. The number of aldehydes is 1. The van der Waals surface area contributed by atoms with Crippen molar-refractivity contribution in [2.75, 3.05) is 25.1 Å². The van der Waals surface area contributed by atoms with Crippen molar-refractivity contribution in [3.05, 3.63) is 88.7 Å². The van der Waals surface area contributed by atoms with Gasteiger partial charge in [-0.3, -0.25) is 0 Å². The first kappa shape index (κ1) is 27.8. The highest BCUT2D eigenvalue weighted by Crippen LogP contribution is 2.53. The Kier molecular flexibility index (Phi) is 7.33. The predicted molar refractivity (Wildman–Crippen MR) is 162 cm³/mol. The van der Waals surface area contributed by atoms with Crippen LogP contribution in [0.5, 0.6) is 11.5 Å². The monoisotopic (exact) mass is 555 g/mol. The van der Waals surface area contributed by atoms with Crippen molar-refractivity contribution in [1.29, 1.82) is 0 Å². The van der Waals surface area contributed by atoms with Crippen LogP contribution < -0.4 is 14.4 Å². The zero-order valence-corrected chi connectivity index (χ0v) is 24.8. The van der Waals surface area contributed by atoms with Crippen molar-refractivity contribution in [2.24, 2.45) is 11.3 Å². The van der Waals surface area contributed by atoms with Gasteiger partial charge < -0.3 is 19.2 Å². The third kappa shape index (κ3) is 5.48. The third-order valence-corrected chi connectivity index (χ3v) is 9.61. The topological polar surface area (TPSA) is 38.8 Å². The summed E-state index contributed by atoms with van der Waals surface area (Å²) >= 11 is 0. The van der Waals surface area contributed by atoms with Gasteiger partial charge in [0.25, 0.3) is 0 Å². The van der Waals surface area contributed by atoms with Crippen molar-refractivity contribution in [3.8, 4) is 11.5 Å². The summed E-state index contributed by atoms with van der Waals surface area (Å²) in [5, 5.41) is 0. The fraction of sp³-hybridized carbons (Fsp3) is 0.472. The highest BCUT2D eigenvalue weighted by atomic mass is 19.1. The number of anilines is 1.